The van der Waals surface area contributed by atoms with E-state index in [1.807, 2.05) is 17.8 Å². The topological polar surface area (TPSA) is 67.5 Å². The van der Waals surface area contributed by atoms with Gasteiger partial charge in [-0.25, -0.2) is 4.98 Å². The summed E-state index contributed by atoms with van der Waals surface area (Å²) in [7, 11) is 1.91. The molecule has 0 radical (unpaired) electrons. The summed E-state index contributed by atoms with van der Waals surface area (Å²) < 4.78 is 6.90. The number of imidazole rings is 1. The van der Waals surface area contributed by atoms with Gasteiger partial charge in [0.25, 0.3) is 0 Å². The predicted molar refractivity (Wildman–Crippen MR) is 57.8 cm³/mol. The van der Waals surface area contributed by atoms with Gasteiger partial charge < -0.3 is 19.5 Å². The first-order valence-electron chi connectivity index (χ1n) is 4.71. The van der Waals surface area contributed by atoms with Gasteiger partial charge in [-0.3, -0.25) is 0 Å². The molecule has 15 heavy (non-hydrogen) atoms. The number of rotatable bonds is 7. The van der Waals surface area contributed by atoms with Crippen LogP contribution < -0.4 is 0 Å². The molecule has 0 aliphatic heterocycles. The van der Waals surface area contributed by atoms with Crippen molar-refractivity contribution in [2.24, 2.45) is 7.05 Å². The van der Waals surface area contributed by atoms with Crippen molar-refractivity contribution in [3.63, 3.8) is 0 Å². The zero-order valence-electron chi connectivity index (χ0n) is 8.67. The quantitative estimate of drug-likeness (QED) is 0.507. The van der Waals surface area contributed by atoms with Crippen LogP contribution in [-0.4, -0.2) is 51.4 Å². The fourth-order valence-electron chi connectivity index (χ4n) is 0.994. The monoisotopic (exact) mass is 232 g/mol. The Hall–Kier alpha value is -0.560. The van der Waals surface area contributed by atoms with Crippen LogP contribution in [0.3, 0.4) is 0 Å². The van der Waals surface area contributed by atoms with Gasteiger partial charge in [-0.2, -0.15) is 0 Å². The Morgan fingerprint density at radius 1 is 1.67 bits per heavy atom. The minimum Gasteiger partial charge on any atom is -0.394 e. The number of ether oxygens (including phenoxy) is 1. The second-order valence-electron chi connectivity index (χ2n) is 3.08. The van der Waals surface area contributed by atoms with E-state index in [0.717, 1.165) is 5.16 Å². The second kappa shape index (κ2) is 6.84. The van der Waals surface area contributed by atoms with Gasteiger partial charge in [0.15, 0.2) is 5.16 Å². The van der Waals surface area contributed by atoms with Crippen molar-refractivity contribution in [2.45, 2.75) is 11.3 Å². The average Bonchev–Trinajstić information content (AvgIpc) is 2.61. The van der Waals surface area contributed by atoms with Crippen LogP contribution in [0.2, 0.25) is 0 Å². The lowest BCUT2D eigenvalue weighted by Crippen LogP contribution is -2.19. The Morgan fingerprint density at radius 2 is 2.47 bits per heavy atom. The molecule has 1 aromatic rings. The molecular weight excluding hydrogens is 216 g/mol. The van der Waals surface area contributed by atoms with E-state index in [1.54, 1.807) is 6.20 Å². The number of aryl methyl sites for hydroxylation is 1. The van der Waals surface area contributed by atoms with Gasteiger partial charge in [0.1, 0.15) is 0 Å². The molecule has 5 nitrogen and oxygen atoms in total. The first kappa shape index (κ1) is 12.5. The molecule has 0 amide bonds. The average molecular weight is 232 g/mol. The van der Waals surface area contributed by atoms with E-state index in [-0.39, 0.29) is 19.8 Å². The molecule has 0 spiro atoms. The van der Waals surface area contributed by atoms with Crippen molar-refractivity contribution < 1.29 is 14.9 Å². The van der Waals surface area contributed by atoms with E-state index < -0.39 is 6.10 Å². The molecule has 2 N–H and O–H groups in total. The maximum atomic E-state index is 9.50. The molecule has 0 fully saturated rings. The number of aliphatic hydroxyl groups is 2. The number of hydrogen-bond acceptors (Lipinski definition) is 5. The van der Waals surface area contributed by atoms with E-state index in [0.29, 0.717) is 5.75 Å². The van der Waals surface area contributed by atoms with Crippen LogP contribution >= 0.6 is 11.8 Å². The van der Waals surface area contributed by atoms with Gasteiger partial charge >= 0.3 is 0 Å². The van der Waals surface area contributed by atoms with Crippen molar-refractivity contribution in [2.75, 3.05) is 25.6 Å². The van der Waals surface area contributed by atoms with Crippen LogP contribution in [0, 0.1) is 0 Å². The van der Waals surface area contributed by atoms with Crippen LogP contribution in [0.15, 0.2) is 17.6 Å². The van der Waals surface area contributed by atoms with E-state index in [1.165, 1.54) is 11.8 Å². The van der Waals surface area contributed by atoms with Crippen LogP contribution in [0.4, 0.5) is 0 Å². The van der Waals surface area contributed by atoms with Crippen molar-refractivity contribution in [1.82, 2.24) is 9.55 Å². The highest BCUT2D eigenvalue weighted by Crippen LogP contribution is 2.15. The summed E-state index contributed by atoms with van der Waals surface area (Å²) in [5, 5.41) is 18.8. The lowest BCUT2D eigenvalue weighted by molar-refractivity contribution is 0.0311. The summed E-state index contributed by atoms with van der Waals surface area (Å²) in [6, 6.07) is 0. The summed E-state index contributed by atoms with van der Waals surface area (Å²) in [6.45, 7) is 0.501. The van der Waals surface area contributed by atoms with Gasteiger partial charge in [-0.05, 0) is 0 Å². The van der Waals surface area contributed by atoms with Gasteiger partial charge in [0, 0.05) is 25.2 Å². The number of hydrogen-bond donors (Lipinski definition) is 2. The lowest BCUT2D eigenvalue weighted by Gasteiger charge is -2.09. The van der Waals surface area contributed by atoms with Gasteiger partial charge in [0.2, 0.25) is 0 Å². The number of thioether (sulfide) groups is 1. The van der Waals surface area contributed by atoms with Crippen molar-refractivity contribution in [3.8, 4) is 0 Å². The van der Waals surface area contributed by atoms with Crippen molar-refractivity contribution in [1.29, 1.82) is 0 Å². The summed E-state index contributed by atoms with van der Waals surface area (Å²) in [6.07, 6.45) is 3.05. The molecule has 0 aliphatic carbocycles. The minimum absolute atomic E-state index is 0.0147. The van der Waals surface area contributed by atoms with E-state index in [4.69, 9.17) is 9.84 Å². The van der Waals surface area contributed by atoms with Gasteiger partial charge in [-0.1, -0.05) is 11.8 Å². The molecule has 1 rings (SSSR count). The molecule has 0 saturated heterocycles. The standard InChI is InChI=1S/C9H16N2O3S/c1-11-3-2-10-9(11)15-7-8(13)6-14-5-4-12/h2-3,8,12-13H,4-7H2,1H3/t8-/m1/s1. The largest absolute Gasteiger partial charge is 0.394 e. The zero-order chi connectivity index (χ0) is 11.1. The van der Waals surface area contributed by atoms with Crippen molar-refractivity contribution >= 4 is 11.8 Å². The number of aliphatic hydroxyl groups excluding tert-OH is 2. The summed E-state index contributed by atoms with van der Waals surface area (Å²) >= 11 is 1.48. The second-order valence-corrected chi connectivity index (χ2v) is 4.07. The summed E-state index contributed by atoms with van der Waals surface area (Å²) in [5.74, 6) is 0.538. The highest BCUT2D eigenvalue weighted by molar-refractivity contribution is 7.99. The highest BCUT2D eigenvalue weighted by Gasteiger charge is 2.07. The van der Waals surface area contributed by atoms with Crippen LogP contribution in [0.5, 0.6) is 0 Å². The third-order valence-corrected chi connectivity index (χ3v) is 2.93. The molecule has 0 aliphatic rings. The molecule has 1 atom stereocenters. The SMILES string of the molecule is Cn1ccnc1SC[C@H](O)COCCO. The minimum atomic E-state index is -0.529. The molecule has 6 heteroatoms. The Morgan fingerprint density at radius 3 is 3.07 bits per heavy atom. The first-order chi connectivity index (χ1) is 7.24. The zero-order valence-corrected chi connectivity index (χ0v) is 9.48. The predicted octanol–water partition coefficient (Wildman–Crippen LogP) is -0.118. The summed E-state index contributed by atoms with van der Waals surface area (Å²) in [5.41, 5.74) is 0. The third-order valence-electron chi connectivity index (χ3n) is 1.73. The maximum Gasteiger partial charge on any atom is 0.167 e. The van der Waals surface area contributed by atoms with E-state index in [2.05, 4.69) is 4.98 Å². The molecular formula is C9H16N2O3S. The highest BCUT2D eigenvalue weighted by atomic mass is 32.2. The molecule has 1 heterocycles. The molecule has 86 valence electrons. The Balaban J connectivity index is 2.16. The first-order valence-corrected chi connectivity index (χ1v) is 5.69. The Bertz CT molecular complexity index is 280. The Kier molecular flexibility index (Phi) is 5.70. The van der Waals surface area contributed by atoms with Crippen LogP contribution in [0.1, 0.15) is 0 Å². The van der Waals surface area contributed by atoms with Gasteiger partial charge in [0.05, 0.1) is 25.9 Å². The normalized spacial score (nSPS) is 13.0. The number of nitrogens with zero attached hydrogens (tertiary/aromatic N) is 2. The molecule has 1 aromatic heterocycles. The summed E-state index contributed by atoms with van der Waals surface area (Å²) in [4.78, 5) is 4.12. The molecule has 0 bridgehead atoms. The van der Waals surface area contributed by atoms with E-state index in [9.17, 15) is 5.11 Å². The smallest absolute Gasteiger partial charge is 0.167 e. The third kappa shape index (κ3) is 4.65. The van der Waals surface area contributed by atoms with Crippen LogP contribution in [-0.2, 0) is 11.8 Å². The lowest BCUT2D eigenvalue weighted by atomic mass is 10.4. The van der Waals surface area contributed by atoms with Crippen LogP contribution in [0.25, 0.3) is 0 Å². The Labute approximate surface area is 93.1 Å². The fourth-order valence-corrected chi connectivity index (χ4v) is 1.83. The number of aromatic nitrogens is 2. The molecule has 0 aromatic carbocycles. The maximum absolute atomic E-state index is 9.50. The van der Waals surface area contributed by atoms with Gasteiger partial charge in [-0.15, -0.1) is 0 Å². The van der Waals surface area contributed by atoms with Crippen molar-refractivity contribution in [3.05, 3.63) is 12.4 Å². The molecule has 0 saturated carbocycles. The van der Waals surface area contributed by atoms with E-state index >= 15 is 0 Å². The fraction of sp³-hybridized carbons (Fsp3) is 0.667. The molecule has 0 unspecified atom stereocenters.